The van der Waals surface area contributed by atoms with Crippen molar-refractivity contribution < 1.29 is 18.0 Å². The number of benzene rings is 2. The summed E-state index contributed by atoms with van der Waals surface area (Å²) in [4.78, 5) is 28.1. The Hall–Kier alpha value is -2.91. The highest BCUT2D eigenvalue weighted by molar-refractivity contribution is 7.89. The van der Waals surface area contributed by atoms with E-state index in [4.69, 9.17) is 5.14 Å². The molecule has 1 aliphatic rings. The lowest BCUT2D eigenvalue weighted by molar-refractivity contribution is 0.0671. The average Bonchev–Trinajstić information content (AvgIpc) is 2.68. The van der Waals surface area contributed by atoms with Crippen LogP contribution in [0.2, 0.25) is 0 Å². The van der Waals surface area contributed by atoms with E-state index in [1.165, 1.54) is 24.3 Å². The van der Waals surface area contributed by atoms with Crippen LogP contribution in [0.1, 0.15) is 10.4 Å². The Morgan fingerprint density at radius 2 is 1.41 bits per heavy atom. The molecule has 1 saturated heterocycles. The molecule has 0 unspecified atom stereocenters. The van der Waals surface area contributed by atoms with E-state index in [1.807, 2.05) is 18.2 Å². The minimum atomic E-state index is -3.77. The number of carbonyl (C=O) groups excluding carboxylic acids is 2. The standard InChI is InChI=1S/C18H20N4O4S/c19-27(25,26)16-8-6-15(7-9-16)20-18(24)22-12-10-21(11-13-22)17(23)14-4-2-1-3-5-14/h1-9H,10-13H2,(H,20,24)(H2,19,25,26). The number of carbonyl (C=O) groups is 2. The number of nitrogens with two attached hydrogens (primary N) is 1. The van der Waals surface area contributed by atoms with Crippen molar-refractivity contribution in [3.63, 3.8) is 0 Å². The lowest BCUT2D eigenvalue weighted by Crippen LogP contribution is -2.51. The van der Waals surface area contributed by atoms with Gasteiger partial charge in [-0.05, 0) is 36.4 Å². The van der Waals surface area contributed by atoms with E-state index in [0.29, 0.717) is 37.4 Å². The third-order valence-electron chi connectivity index (χ3n) is 4.31. The van der Waals surface area contributed by atoms with E-state index >= 15 is 0 Å². The number of hydrogen-bond donors (Lipinski definition) is 2. The molecule has 27 heavy (non-hydrogen) atoms. The second-order valence-corrected chi connectivity index (χ2v) is 7.71. The molecule has 0 aromatic heterocycles. The molecule has 2 aromatic carbocycles. The Morgan fingerprint density at radius 1 is 0.852 bits per heavy atom. The summed E-state index contributed by atoms with van der Waals surface area (Å²) in [5.41, 5.74) is 1.10. The van der Waals surface area contributed by atoms with E-state index in [1.54, 1.807) is 21.9 Å². The van der Waals surface area contributed by atoms with E-state index < -0.39 is 10.0 Å². The van der Waals surface area contributed by atoms with Crippen LogP contribution >= 0.6 is 0 Å². The highest BCUT2D eigenvalue weighted by Gasteiger charge is 2.24. The minimum Gasteiger partial charge on any atom is -0.335 e. The van der Waals surface area contributed by atoms with Crippen molar-refractivity contribution in [2.45, 2.75) is 4.90 Å². The molecule has 8 nitrogen and oxygen atoms in total. The quantitative estimate of drug-likeness (QED) is 0.826. The number of hydrogen-bond acceptors (Lipinski definition) is 4. The molecule has 0 bridgehead atoms. The van der Waals surface area contributed by atoms with Crippen LogP contribution < -0.4 is 10.5 Å². The monoisotopic (exact) mass is 388 g/mol. The first-order valence-electron chi connectivity index (χ1n) is 8.38. The summed E-state index contributed by atoms with van der Waals surface area (Å²) in [6.45, 7) is 1.73. The zero-order valence-electron chi connectivity index (χ0n) is 14.5. The Balaban J connectivity index is 1.55. The molecule has 0 atom stereocenters. The Morgan fingerprint density at radius 3 is 1.96 bits per heavy atom. The number of piperazine rings is 1. The second-order valence-electron chi connectivity index (χ2n) is 6.14. The topological polar surface area (TPSA) is 113 Å². The smallest absolute Gasteiger partial charge is 0.321 e. The minimum absolute atomic E-state index is 0.0199. The molecule has 1 fully saturated rings. The highest BCUT2D eigenvalue weighted by Crippen LogP contribution is 2.14. The number of primary sulfonamides is 1. The summed E-state index contributed by atoms with van der Waals surface area (Å²) in [6.07, 6.45) is 0. The summed E-state index contributed by atoms with van der Waals surface area (Å²) in [6, 6.07) is 14.4. The molecule has 1 aliphatic heterocycles. The van der Waals surface area contributed by atoms with Gasteiger partial charge in [-0.3, -0.25) is 4.79 Å². The second kappa shape index (κ2) is 7.77. The number of nitrogens with zero attached hydrogens (tertiary/aromatic N) is 2. The van der Waals surface area contributed by atoms with Gasteiger partial charge in [-0.1, -0.05) is 18.2 Å². The normalized spacial score (nSPS) is 14.7. The van der Waals surface area contributed by atoms with E-state index in [-0.39, 0.29) is 16.8 Å². The van der Waals surface area contributed by atoms with Gasteiger partial charge in [-0.25, -0.2) is 18.4 Å². The van der Waals surface area contributed by atoms with Crippen LogP contribution in [-0.2, 0) is 10.0 Å². The van der Waals surface area contributed by atoms with E-state index in [2.05, 4.69) is 5.32 Å². The van der Waals surface area contributed by atoms with Gasteiger partial charge in [0, 0.05) is 37.4 Å². The van der Waals surface area contributed by atoms with Crippen LogP contribution in [0, 0.1) is 0 Å². The largest absolute Gasteiger partial charge is 0.335 e. The predicted molar refractivity (Wildman–Crippen MR) is 101 cm³/mol. The number of nitrogens with one attached hydrogen (secondary N) is 1. The third kappa shape index (κ3) is 4.63. The van der Waals surface area contributed by atoms with Crippen LogP contribution in [0.15, 0.2) is 59.5 Å². The van der Waals surface area contributed by atoms with Gasteiger partial charge in [0.05, 0.1) is 4.90 Å². The first-order chi connectivity index (χ1) is 12.8. The van der Waals surface area contributed by atoms with Gasteiger partial charge < -0.3 is 15.1 Å². The summed E-state index contributed by atoms with van der Waals surface area (Å²) in [5, 5.41) is 7.76. The van der Waals surface area contributed by atoms with Gasteiger partial charge in [0.15, 0.2) is 0 Å². The molecule has 2 aromatic rings. The van der Waals surface area contributed by atoms with Gasteiger partial charge in [-0.2, -0.15) is 0 Å². The van der Waals surface area contributed by atoms with Gasteiger partial charge in [0.2, 0.25) is 10.0 Å². The fourth-order valence-electron chi connectivity index (χ4n) is 2.81. The molecule has 3 N–H and O–H groups in total. The molecular formula is C18H20N4O4S. The van der Waals surface area contributed by atoms with Gasteiger partial charge in [-0.15, -0.1) is 0 Å². The van der Waals surface area contributed by atoms with Crippen molar-refractivity contribution in [2.75, 3.05) is 31.5 Å². The number of rotatable bonds is 3. The number of urea groups is 1. The first-order valence-corrected chi connectivity index (χ1v) is 9.92. The fraction of sp³-hybridized carbons (Fsp3) is 0.222. The fourth-order valence-corrected chi connectivity index (χ4v) is 3.32. The lowest BCUT2D eigenvalue weighted by atomic mass is 10.2. The maximum absolute atomic E-state index is 12.4. The Kier molecular flexibility index (Phi) is 5.43. The molecule has 9 heteroatoms. The highest BCUT2D eigenvalue weighted by atomic mass is 32.2. The summed E-state index contributed by atoms with van der Waals surface area (Å²) < 4.78 is 22.5. The summed E-state index contributed by atoms with van der Waals surface area (Å²) >= 11 is 0. The van der Waals surface area contributed by atoms with Crippen molar-refractivity contribution in [1.82, 2.24) is 9.80 Å². The average molecular weight is 388 g/mol. The van der Waals surface area contributed by atoms with Crippen LogP contribution in [0.5, 0.6) is 0 Å². The summed E-state index contributed by atoms with van der Waals surface area (Å²) in [5.74, 6) is -0.0470. The van der Waals surface area contributed by atoms with Gasteiger partial charge in [0.1, 0.15) is 0 Å². The summed E-state index contributed by atoms with van der Waals surface area (Å²) in [7, 11) is -3.77. The maximum atomic E-state index is 12.4. The zero-order valence-corrected chi connectivity index (χ0v) is 15.4. The van der Waals surface area contributed by atoms with Crippen molar-refractivity contribution in [1.29, 1.82) is 0 Å². The van der Waals surface area contributed by atoms with Gasteiger partial charge in [0.25, 0.3) is 5.91 Å². The van der Waals surface area contributed by atoms with E-state index in [9.17, 15) is 18.0 Å². The zero-order chi connectivity index (χ0) is 19.4. The molecule has 3 rings (SSSR count). The number of amides is 3. The number of sulfonamides is 1. The van der Waals surface area contributed by atoms with Crippen LogP contribution in [0.25, 0.3) is 0 Å². The van der Waals surface area contributed by atoms with Crippen molar-refractivity contribution in [2.24, 2.45) is 5.14 Å². The predicted octanol–water partition coefficient (Wildman–Crippen LogP) is 1.32. The molecule has 1 heterocycles. The SMILES string of the molecule is NS(=O)(=O)c1ccc(NC(=O)N2CCN(C(=O)c3ccccc3)CC2)cc1. The van der Waals surface area contributed by atoms with Crippen molar-refractivity contribution >= 4 is 27.6 Å². The molecule has 0 aliphatic carbocycles. The Labute approximate surface area is 157 Å². The van der Waals surface area contributed by atoms with Crippen LogP contribution in [0.3, 0.4) is 0 Å². The molecular weight excluding hydrogens is 368 g/mol. The lowest BCUT2D eigenvalue weighted by Gasteiger charge is -2.34. The Bertz CT molecular complexity index is 922. The number of anilines is 1. The molecule has 3 amide bonds. The molecule has 0 spiro atoms. The third-order valence-corrected chi connectivity index (χ3v) is 5.24. The van der Waals surface area contributed by atoms with Crippen molar-refractivity contribution in [3.8, 4) is 0 Å². The van der Waals surface area contributed by atoms with E-state index in [0.717, 1.165) is 0 Å². The van der Waals surface area contributed by atoms with Crippen molar-refractivity contribution in [3.05, 3.63) is 60.2 Å². The van der Waals surface area contributed by atoms with Crippen LogP contribution in [0.4, 0.5) is 10.5 Å². The molecule has 0 radical (unpaired) electrons. The van der Waals surface area contributed by atoms with Gasteiger partial charge >= 0.3 is 6.03 Å². The first kappa shape index (κ1) is 18.9. The molecule has 142 valence electrons. The maximum Gasteiger partial charge on any atom is 0.321 e. The molecule has 0 saturated carbocycles. The van der Waals surface area contributed by atoms with Crippen LogP contribution in [-0.4, -0.2) is 56.3 Å².